The van der Waals surface area contributed by atoms with Crippen molar-refractivity contribution in [3.63, 3.8) is 0 Å². The molecule has 1 aliphatic rings. The fourth-order valence-corrected chi connectivity index (χ4v) is 4.38. The number of primary amides is 1. The molecule has 0 bridgehead atoms. The van der Waals surface area contributed by atoms with Crippen LogP contribution in [0.2, 0.25) is 0 Å². The first-order valence-corrected chi connectivity index (χ1v) is 10.4. The van der Waals surface area contributed by atoms with Gasteiger partial charge in [-0.3, -0.25) is 4.79 Å². The fourth-order valence-electron chi connectivity index (χ4n) is 3.34. The highest BCUT2D eigenvalue weighted by atomic mass is 32.1. The van der Waals surface area contributed by atoms with Gasteiger partial charge in [0.25, 0.3) is 5.91 Å². The van der Waals surface area contributed by atoms with Gasteiger partial charge in [-0.25, -0.2) is 9.97 Å². The minimum absolute atomic E-state index is 0.117. The Labute approximate surface area is 176 Å². The molecule has 164 valence electrons. The van der Waals surface area contributed by atoms with Crippen LogP contribution in [0.3, 0.4) is 0 Å². The van der Waals surface area contributed by atoms with E-state index in [9.17, 15) is 23.1 Å². The van der Waals surface area contributed by atoms with Gasteiger partial charge in [0, 0.05) is 23.2 Å². The van der Waals surface area contributed by atoms with Gasteiger partial charge in [-0.05, 0) is 46.1 Å². The number of carbonyl (C=O) groups excluding carboxylic acids is 1. The molecule has 1 aliphatic carbocycles. The van der Waals surface area contributed by atoms with E-state index in [4.69, 9.17) is 5.73 Å². The molecule has 0 radical (unpaired) electrons. The van der Waals surface area contributed by atoms with Gasteiger partial charge in [-0.1, -0.05) is 6.92 Å². The van der Waals surface area contributed by atoms with Gasteiger partial charge in [-0.2, -0.15) is 13.2 Å². The van der Waals surface area contributed by atoms with Crippen LogP contribution in [0, 0.1) is 0 Å². The molecule has 0 unspecified atom stereocenters. The lowest BCUT2D eigenvalue weighted by Gasteiger charge is -2.39. The van der Waals surface area contributed by atoms with Crippen molar-refractivity contribution < 1.29 is 23.1 Å². The zero-order chi connectivity index (χ0) is 22.5. The SMILES string of the molecule is C[C@@H](c1nc(C(N)=O)sc1-c1cnc(NC2(C)CCC2)cc1C(F)(F)F)C(C)(C)O. The summed E-state index contributed by atoms with van der Waals surface area (Å²) in [6.45, 7) is 6.64. The molecule has 10 heteroatoms. The van der Waals surface area contributed by atoms with Crippen molar-refractivity contribution >= 4 is 23.1 Å². The summed E-state index contributed by atoms with van der Waals surface area (Å²) in [6.07, 6.45) is -0.764. The number of nitrogens with two attached hydrogens (primary N) is 1. The number of pyridine rings is 1. The topological polar surface area (TPSA) is 101 Å². The van der Waals surface area contributed by atoms with E-state index < -0.39 is 29.2 Å². The van der Waals surface area contributed by atoms with Crippen LogP contribution in [-0.2, 0) is 6.18 Å². The summed E-state index contributed by atoms with van der Waals surface area (Å²) in [5.74, 6) is -1.34. The van der Waals surface area contributed by atoms with E-state index in [1.807, 2.05) is 6.92 Å². The Bertz CT molecular complexity index is 962. The average molecular weight is 443 g/mol. The number of alkyl halides is 3. The van der Waals surface area contributed by atoms with Gasteiger partial charge < -0.3 is 16.2 Å². The Hall–Kier alpha value is -2.20. The number of aliphatic hydroxyl groups is 1. The minimum atomic E-state index is -4.65. The lowest BCUT2D eigenvalue weighted by Crippen LogP contribution is -2.41. The van der Waals surface area contributed by atoms with Crippen LogP contribution < -0.4 is 11.1 Å². The summed E-state index contributed by atoms with van der Waals surface area (Å²) in [7, 11) is 0. The smallest absolute Gasteiger partial charge is 0.390 e. The van der Waals surface area contributed by atoms with Gasteiger partial charge in [0.15, 0.2) is 5.01 Å². The van der Waals surface area contributed by atoms with Gasteiger partial charge >= 0.3 is 6.18 Å². The van der Waals surface area contributed by atoms with Crippen molar-refractivity contribution in [2.24, 2.45) is 5.73 Å². The second-order valence-corrected chi connectivity index (χ2v) is 9.62. The summed E-state index contributed by atoms with van der Waals surface area (Å²) in [5.41, 5.74) is 2.89. The summed E-state index contributed by atoms with van der Waals surface area (Å²) in [4.78, 5) is 20.1. The van der Waals surface area contributed by atoms with E-state index in [0.717, 1.165) is 42.9 Å². The maximum Gasteiger partial charge on any atom is 0.417 e. The molecule has 0 aliphatic heterocycles. The van der Waals surface area contributed by atoms with E-state index in [0.29, 0.717) is 0 Å². The number of amides is 1. The molecule has 3 rings (SSSR count). The summed E-state index contributed by atoms with van der Waals surface area (Å²) >= 11 is 0.773. The molecule has 1 amide bonds. The second-order valence-electron chi connectivity index (χ2n) is 8.63. The van der Waals surface area contributed by atoms with Crippen molar-refractivity contribution in [1.29, 1.82) is 0 Å². The zero-order valence-electron chi connectivity index (χ0n) is 17.2. The Morgan fingerprint density at radius 3 is 2.47 bits per heavy atom. The Kier molecular flexibility index (Phi) is 5.61. The lowest BCUT2D eigenvalue weighted by atomic mass is 9.78. The van der Waals surface area contributed by atoms with E-state index in [-0.39, 0.29) is 32.5 Å². The molecule has 0 saturated heterocycles. The molecule has 6 nitrogen and oxygen atoms in total. The summed E-state index contributed by atoms with van der Waals surface area (Å²) < 4.78 is 41.9. The molecule has 2 aromatic heterocycles. The molecule has 0 spiro atoms. The van der Waals surface area contributed by atoms with Crippen LogP contribution >= 0.6 is 11.3 Å². The number of anilines is 1. The lowest BCUT2D eigenvalue weighted by molar-refractivity contribution is -0.137. The van der Waals surface area contributed by atoms with Crippen LogP contribution in [0.4, 0.5) is 19.0 Å². The van der Waals surface area contributed by atoms with Crippen molar-refractivity contribution in [3.8, 4) is 10.4 Å². The van der Waals surface area contributed by atoms with Gasteiger partial charge in [0.2, 0.25) is 0 Å². The van der Waals surface area contributed by atoms with Gasteiger partial charge in [0.05, 0.1) is 21.7 Å². The molecule has 0 aromatic carbocycles. The average Bonchev–Trinajstić information content (AvgIpc) is 3.03. The van der Waals surface area contributed by atoms with Crippen LogP contribution in [-0.4, -0.2) is 32.1 Å². The summed E-state index contributed by atoms with van der Waals surface area (Å²) in [6, 6.07) is 0.987. The first-order chi connectivity index (χ1) is 13.7. The molecule has 1 fully saturated rings. The van der Waals surface area contributed by atoms with Gasteiger partial charge in [-0.15, -0.1) is 11.3 Å². The number of thiazole rings is 1. The molecule has 2 aromatic rings. The highest BCUT2D eigenvalue weighted by molar-refractivity contribution is 7.17. The van der Waals surface area contributed by atoms with E-state index in [1.165, 1.54) is 13.8 Å². The largest absolute Gasteiger partial charge is 0.417 e. The number of halogens is 3. The van der Waals surface area contributed by atoms with Crippen molar-refractivity contribution in [3.05, 3.63) is 28.5 Å². The van der Waals surface area contributed by atoms with Crippen LogP contribution in [0.1, 0.15) is 73.9 Å². The Balaban J connectivity index is 2.15. The van der Waals surface area contributed by atoms with Crippen LogP contribution in [0.15, 0.2) is 12.3 Å². The van der Waals surface area contributed by atoms with Gasteiger partial charge in [0.1, 0.15) is 5.82 Å². The predicted molar refractivity (Wildman–Crippen MR) is 109 cm³/mol. The Morgan fingerprint density at radius 1 is 1.37 bits per heavy atom. The third-order valence-electron chi connectivity index (χ3n) is 5.67. The number of hydrogen-bond acceptors (Lipinski definition) is 6. The molecule has 2 heterocycles. The second kappa shape index (κ2) is 7.49. The maximum atomic E-state index is 14.0. The molecular weight excluding hydrogens is 417 g/mol. The predicted octanol–water partition coefficient (Wildman–Crippen LogP) is 4.55. The van der Waals surface area contributed by atoms with Crippen molar-refractivity contribution in [2.75, 3.05) is 5.32 Å². The van der Waals surface area contributed by atoms with Crippen molar-refractivity contribution in [1.82, 2.24) is 9.97 Å². The third kappa shape index (κ3) is 4.44. The van der Waals surface area contributed by atoms with E-state index in [2.05, 4.69) is 15.3 Å². The highest BCUT2D eigenvalue weighted by Gasteiger charge is 2.39. The standard InChI is InChI=1S/C20H25F3N4O2S/c1-10(18(2,3)29)14-15(30-17(26-14)16(24)28)11-9-25-13(8-12(11)20(21,22)23)27-19(4)6-5-7-19/h8-10,29H,5-7H2,1-4H3,(H2,24,28)(H,25,27)/t10-/m0/s1. The van der Waals surface area contributed by atoms with Crippen LogP contribution in [0.5, 0.6) is 0 Å². The number of hydrogen-bond donors (Lipinski definition) is 3. The number of rotatable bonds is 6. The minimum Gasteiger partial charge on any atom is -0.390 e. The molecule has 30 heavy (non-hydrogen) atoms. The summed E-state index contributed by atoms with van der Waals surface area (Å²) in [5, 5.41) is 13.4. The molecule has 4 N–H and O–H groups in total. The Morgan fingerprint density at radius 2 is 2.00 bits per heavy atom. The number of carbonyl (C=O) groups is 1. The number of aromatic nitrogens is 2. The number of nitrogens with one attached hydrogen (secondary N) is 1. The number of nitrogens with zero attached hydrogens (tertiary/aromatic N) is 2. The maximum absolute atomic E-state index is 14.0. The first-order valence-electron chi connectivity index (χ1n) is 9.60. The third-order valence-corrected chi connectivity index (χ3v) is 6.79. The fraction of sp³-hybridized carbons (Fsp3) is 0.550. The monoisotopic (exact) mass is 442 g/mol. The van der Waals surface area contributed by atoms with Crippen molar-refractivity contribution in [2.45, 2.75) is 70.2 Å². The van der Waals surface area contributed by atoms with Crippen LogP contribution in [0.25, 0.3) is 10.4 Å². The normalized spacial score (nSPS) is 17.3. The highest BCUT2D eigenvalue weighted by Crippen LogP contribution is 2.45. The first kappa shape index (κ1) is 22.5. The molecule has 1 saturated carbocycles. The quantitative estimate of drug-likeness (QED) is 0.609. The van der Waals surface area contributed by atoms with E-state index >= 15 is 0 Å². The molecule has 1 atom stereocenters. The zero-order valence-corrected chi connectivity index (χ0v) is 18.0. The van der Waals surface area contributed by atoms with E-state index in [1.54, 1.807) is 6.92 Å². The molecular formula is C20H25F3N4O2S.